The number of carbonyl (C=O) groups is 1. The van der Waals surface area contributed by atoms with Gasteiger partial charge in [-0.25, -0.2) is 9.37 Å². The molecule has 0 aliphatic rings. The zero-order valence-corrected chi connectivity index (χ0v) is 13.8. The number of thiazole rings is 1. The lowest BCUT2D eigenvalue weighted by Gasteiger charge is -2.02. The fourth-order valence-electron chi connectivity index (χ4n) is 2.11. The summed E-state index contributed by atoms with van der Waals surface area (Å²) in [5, 5.41) is 6.72. The van der Waals surface area contributed by atoms with Crippen LogP contribution in [-0.2, 0) is 6.42 Å². The molecule has 2 aromatic heterocycles. The standard InChI is InChI=1S/C16H15FN4O2S/c1-10-14(24-9-19-10)16(22)18-8-2-3-13-20-15(21-23-13)11-4-6-12(17)7-5-11/h4-7,9H,2-3,8H2,1H3,(H,18,22). The maximum Gasteiger partial charge on any atom is 0.263 e. The summed E-state index contributed by atoms with van der Waals surface area (Å²) in [4.78, 5) is 20.9. The molecule has 0 bridgehead atoms. The Balaban J connectivity index is 1.48. The second-order valence-electron chi connectivity index (χ2n) is 5.14. The van der Waals surface area contributed by atoms with Gasteiger partial charge in [-0.3, -0.25) is 4.79 Å². The number of hydrogen-bond donors (Lipinski definition) is 1. The normalized spacial score (nSPS) is 10.8. The fourth-order valence-corrected chi connectivity index (χ4v) is 2.83. The maximum atomic E-state index is 12.9. The average molecular weight is 346 g/mol. The van der Waals surface area contributed by atoms with Crippen LogP contribution in [0.3, 0.4) is 0 Å². The molecule has 3 aromatic rings. The van der Waals surface area contributed by atoms with E-state index >= 15 is 0 Å². The second-order valence-corrected chi connectivity index (χ2v) is 6.00. The molecule has 24 heavy (non-hydrogen) atoms. The number of benzene rings is 1. The lowest BCUT2D eigenvalue weighted by molar-refractivity contribution is 0.0956. The molecule has 6 nitrogen and oxygen atoms in total. The molecule has 0 saturated heterocycles. The molecule has 0 aliphatic heterocycles. The van der Waals surface area contributed by atoms with Gasteiger partial charge in [0.05, 0.1) is 11.2 Å². The van der Waals surface area contributed by atoms with Crippen molar-refractivity contribution in [2.45, 2.75) is 19.8 Å². The van der Waals surface area contributed by atoms with Crippen molar-refractivity contribution in [2.24, 2.45) is 0 Å². The van der Waals surface area contributed by atoms with E-state index in [9.17, 15) is 9.18 Å². The molecule has 0 spiro atoms. The van der Waals surface area contributed by atoms with Crippen molar-refractivity contribution in [3.63, 3.8) is 0 Å². The van der Waals surface area contributed by atoms with Crippen LogP contribution in [0.5, 0.6) is 0 Å². The van der Waals surface area contributed by atoms with Crippen molar-refractivity contribution in [3.8, 4) is 11.4 Å². The SMILES string of the molecule is Cc1ncsc1C(=O)NCCCc1nc(-c2ccc(F)cc2)no1. The van der Waals surface area contributed by atoms with Crippen LogP contribution in [0.4, 0.5) is 4.39 Å². The number of rotatable bonds is 6. The summed E-state index contributed by atoms with van der Waals surface area (Å²) in [7, 11) is 0. The first-order valence-corrected chi connectivity index (χ1v) is 8.28. The van der Waals surface area contributed by atoms with Gasteiger partial charge in [0.1, 0.15) is 10.7 Å². The van der Waals surface area contributed by atoms with Gasteiger partial charge in [0, 0.05) is 18.5 Å². The van der Waals surface area contributed by atoms with Crippen LogP contribution < -0.4 is 5.32 Å². The molecule has 0 radical (unpaired) electrons. The number of aromatic nitrogens is 3. The summed E-state index contributed by atoms with van der Waals surface area (Å²) >= 11 is 1.32. The molecule has 0 fully saturated rings. The van der Waals surface area contributed by atoms with E-state index in [1.165, 1.54) is 23.5 Å². The van der Waals surface area contributed by atoms with Gasteiger partial charge in [-0.1, -0.05) is 5.16 Å². The number of aryl methyl sites for hydroxylation is 2. The Morgan fingerprint density at radius 2 is 2.12 bits per heavy atom. The predicted octanol–water partition coefficient (Wildman–Crippen LogP) is 3.00. The number of amides is 1. The van der Waals surface area contributed by atoms with E-state index in [4.69, 9.17) is 4.52 Å². The number of halogens is 1. The first kappa shape index (κ1) is 16.3. The smallest absolute Gasteiger partial charge is 0.263 e. The van der Waals surface area contributed by atoms with E-state index in [0.29, 0.717) is 41.5 Å². The molecule has 0 aliphatic carbocycles. The van der Waals surface area contributed by atoms with E-state index in [1.807, 2.05) is 0 Å². The first-order chi connectivity index (χ1) is 11.6. The Kier molecular flexibility index (Phi) is 4.95. The zero-order valence-electron chi connectivity index (χ0n) is 13.0. The van der Waals surface area contributed by atoms with Gasteiger partial charge >= 0.3 is 0 Å². The highest BCUT2D eigenvalue weighted by molar-refractivity contribution is 7.11. The average Bonchev–Trinajstić information content (AvgIpc) is 3.21. The van der Waals surface area contributed by atoms with Gasteiger partial charge in [-0.2, -0.15) is 4.98 Å². The van der Waals surface area contributed by atoms with E-state index in [1.54, 1.807) is 24.6 Å². The molecule has 2 heterocycles. The summed E-state index contributed by atoms with van der Waals surface area (Å²) in [5.41, 5.74) is 3.08. The van der Waals surface area contributed by atoms with Crippen LogP contribution in [0, 0.1) is 12.7 Å². The third-order valence-corrected chi connectivity index (χ3v) is 4.30. The van der Waals surface area contributed by atoms with Crippen molar-refractivity contribution in [1.82, 2.24) is 20.4 Å². The largest absolute Gasteiger partial charge is 0.351 e. The van der Waals surface area contributed by atoms with Gasteiger partial charge in [0.15, 0.2) is 0 Å². The van der Waals surface area contributed by atoms with Crippen molar-refractivity contribution >= 4 is 17.2 Å². The third kappa shape index (κ3) is 3.83. The van der Waals surface area contributed by atoms with Crippen LogP contribution in [0.25, 0.3) is 11.4 Å². The highest BCUT2D eigenvalue weighted by atomic mass is 32.1. The van der Waals surface area contributed by atoms with Crippen molar-refractivity contribution in [1.29, 1.82) is 0 Å². The van der Waals surface area contributed by atoms with E-state index in [0.717, 1.165) is 5.69 Å². The lowest BCUT2D eigenvalue weighted by atomic mass is 10.2. The van der Waals surface area contributed by atoms with Crippen LogP contribution in [0.15, 0.2) is 34.3 Å². The molecule has 0 unspecified atom stereocenters. The molecule has 0 atom stereocenters. The van der Waals surface area contributed by atoms with Crippen molar-refractivity contribution in [3.05, 3.63) is 52.1 Å². The molecule has 0 saturated carbocycles. The minimum Gasteiger partial charge on any atom is -0.351 e. The predicted molar refractivity (Wildman–Crippen MR) is 87.2 cm³/mol. The van der Waals surface area contributed by atoms with Gasteiger partial charge in [0.2, 0.25) is 11.7 Å². The molecule has 3 rings (SSSR count). The molecule has 1 N–H and O–H groups in total. The van der Waals surface area contributed by atoms with E-state index in [2.05, 4.69) is 20.4 Å². The first-order valence-electron chi connectivity index (χ1n) is 7.40. The molecular weight excluding hydrogens is 331 g/mol. The lowest BCUT2D eigenvalue weighted by Crippen LogP contribution is -2.24. The zero-order chi connectivity index (χ0) is 16.9. The van der Waals surface area contributed by atoms with Gasteiger partial charge < -0.3 is 9.84 Å². The molecule has 8 heteroatoms. The number of hydrogen-bond acceptors (Lipinski definition) is 6. The van der Waals surface area contributed by atoms with Crippen LogP contribution >= 0.6 is 11.3 Å². The van der Waals surface area contributed by atoms with Crippen molar-refractivity contribution in [2.75, 3.05) is 6.54 Å². The van der Waals surface area contributed by atoms with Crippen LogP contribution in [0.1, 0.15) is 27.7 Å². The van der Waals surface area contributed by atoms with Gasteiger partial charge in [-0.05, 0) is 37.6 Å². The third-order valence-electron chi connectivity index (χ3n) is 3.38. The molecular formula is C16H15FN4O2S. The minimum absolute atomic E-state index is 0.118. The Labute approximate surface area is 141 Å². The fraction of sp³-hybridized carbons (Fsp3) is 0.250. The number of nitrogens with one attached hydrogen (secondary N) is 1. The summed E-state index contributed by atoms with van der Waals surface area (Å²) in [6.45, 7) is 2.31. The highest BCUT2D eigenvalue weighted by Crippen LogP contribution is 2.16. The minimum atomic E-state index is -0.311. The van der Waals surface area contributed by atoms with Gasteiger partial charge in [0.25, 0.3) is 5.91 Å². The second kappa shape index (κ2) is 7.31. The van der Waals surface area contributed by atoms with Crippen molar-refractivity contribution < 1.29 is 13.7 Å². The monoisotopic (exact) mass is 346 g/mol. The molecule has 1 amide bonds. The van der Waals surface area contributed by atoms with E-state index < -0.39 is 0 Å². The van der Waals surface area contributed by atoms with Crippen LogP contribution in [0.2, 0.25) is 0 Å². The Bertz CT molecular complexity index is 829. The molecule has 124 valence electrons. The van der Waals surface area contributed by atoms with Gasteiger partial charge in [-0.15, -0.1) is 11.3 Å². The summed E-state index contributed by atoms with van der Waals surface area (Å²) in [6.07, 6.45) is 1.23. The maximum absolute atomic E-state index is 12.9. The Hall–Kier alpha value is -2.61. The summed E-state index contributed by atoms with van der Waals surface area (Å²) in [6, 6.07) is 5.90. The Morgan fingerprint density at radius 3 is 2.83 bits per heavy atom. The van der Waals surface area contributed by atoms with Crippen LogP contribution in [-0.4, -0.2) is 27.6 Å². The summed E-state index contributed by atoms with van der Waals surface area (Å²) < 4.78 is 18.1. The number of carbonyl (C=O) groups excluding carboxylic acids is 1. The highest BCUT2D eigenvalue weighted by Gasteiger charge is 2.12. The number of nitrogens with zero attached hydrogens (tertiary/aromatic N) is 3. The summed E-state index contributed by atoms with van der Waals surface area (Å²) in [5.74, 6) is 0.480. The van der Waals surface area contributed by atoms with E-state index in [-0.39, 0.29) is 11.7 Å². The topological polar surface area (TPSA) is 80.9 Å². The quantitative estimate of drug-likeness (QED) is 0.694. The Morgan fingerprint density at radius 1 is 1.33 bits per heavy atom. The molecule has 1 aromatic carbocycles.